The van der Waals surface area contributed by atoms with Crippen LogP contribution < -0.4 is 10.1 Å². The lowest BCUT2D eigenvalue weighted by atomic mass is 9.80. The van der Waals surface area contributed by atoms with E-state index in [-0.39, 0.29) is 11.5 Å². The van der Waals surface area contributed by atoms with Crippen molar-refractivity contribution < 1.29 is 14.6 Å². The molecule has 6 nitrogen and oxygen atoms in total. The highest BCUT2D eigenvalue weighted by Crippen LogP contribution is 2.39. The Balaban J connectivity index is 1.71. The molecule has 0 saturated carbocycles. The van der Waals surface area contributed by atoms with E-state index in [9.17, 15) is 9.90 Å². The van der Waals surface area contributed by atoms with Crippen LogP contribution in [0.4, 0.5) is 5.69 Å². The van der Waals surface area contributed by atoms with Gasteiger partial charge < -0.3 is 20.1 Å². The lowest BCUT2D eigenvalue weighted by Gasteiger charge is -2.39. The molecule has 0 bridgehead atoms. The smallest absolute Gasteiger partial charge is 0.308 e. The molecule has 2 heterocycles. The summed E-state index contributed by atoms with van der Waals surface area (Å²) in [5.74, 6) is 0.903. The second-order valence-corrected chi connectivity index (χ2v) is 9.80. The van der Waals surface area contributed by atoms with Crippen LogP contribution in [0.15, 0.2) is 47.5 Å². The highest BCUT2D eigenvalue weighted by Gasteiger charge is 2.36. The lowest BCUT2D eigenvalue weighted by Crippen LogP contribution is -2.57. The molecular formula is C24H28ClN3O3. The van der Waals surface area contributed by atoms with Gasteiger partial charge in [-0.3, -0.25) is 4.79 Å². The second kappa shape index (κ2) is 8.52. The van der Waals surface area contributed by atoms with Crippen molar-refractivity contribution in [3.8, 4) is 11.5 Å². The summed E-state index contributed by atoms with van der Waals surface area (Å²) in [6, 6.07) is 13.0. The third kappa shape index (κ3) is 4.86. The monoisotopic (exact) mass is 441 g/mol. The Bertz CT molecular complexity index is 1020. The minimum Gasteiger partial charge on any atom is -0.481 e. The molecule has 1 saturated heterocycles. The van der Waals surface area contributed by atoms with E-state index in [1.54, 1.807) is 12.1 Å². The van der Waals surface area contributed by atoms with Crippen LogP contribution in [0, 0.1) is 11.3 Å². The first kappa shape index (κ1) is 21.7. The summed E-state index contributed by atoms with van der Waals surface area (Å²) in [4.78, 5) is 19.2. The molecule has 1 fully saturated rings. The molecule has 2 aliphatic heterocycles. The van der Waals surface area contributed by atoms with Crippen molar-refractivity contribution in [2.24, 2.45) is 16.3 Å². The highest BCUT2D eigenvalue weighted by molar-refractivity contribution is 6.31. The SMILES string of the molecule is CC(C)(C)CC(C(=O)O)C1CN(C2=Nc3cc(Cl)ccc3Oc3ccccc32)CCN1. The second-order valence-electron chi connectivity index (χ2n) is 9.36. The fourth-order valence-electron chi connectivity index (χ4n) is 4.24. The van der Waals surface area contributed by atoms with Gasteiger partial charge in [-0.2, -0.15) is 0 Å². The number of nitrogens with one attached hydrogen (secondary N) is 1. The number of piperazine rings is 1. The van der Waals surface area contributed by atoms with Gasteiger partial charge in [0.2, 0.25) is 0 Å². The van der Waals surface area contributed by atoms with Crippen molar-refractivity contribution in [3.05, 3.63) is 53.1 Å². The molecule has 2 N–H and O–H groups in total. The topological polar surface area (TPSA) is 74.2 Å². The zero-order valence-corrected chi connectivity index (χ0v) is 18.8. The summed E-state index contributed by atoms with van der Waals surface area (Å²) in [6.07, 6.45) is 0.596. The number of aliphatic carboxylic acids is 1. The number of carbonyl (C=O) groups is 1. The van der Waals surface area contributed by atoms with Gasteiger partial charge in [0, 0.05) is 30.7 Å². The van der Waals surface area contributed by atoms with Crippen molar-refractivity contribution in [3.63, 3.8) is 0 Å². The molecule has 0 aliphatic carbocycles. The number of amidine groups is 1. The molecule has 7 heteroatoms. The number of ether oxygens (including phenoxy) is 1. The van der Waals surface area contributed by atoms with Crippen LogP contribution in [0.1, 0.15) is 32.8 Å². The Kier molecular flexibility index (Phi) is 5.95. The van der Waals surface area contributed by atoms with Crippen molar-refractivity contribution in [2.75, 3.05) is 19.6 Å². The molecule has 0 radical (unpaired) electrons. The van der Waals surface area contributed by atoms with E-state index in [0.29, 0.717) is 36.0 Å². The summed E-state index contributed by atoms with van der Waals surface area (Å²) in [5, 5.41) is 13.9. The van der Waals surface area contributed by atoms with Crippen LogP contribution in [-0.4, -0.2) is 47.5 Å². The highest BCUT2D eigenvalue weighted by atomic mass is 35.5. The third-order valence-electron chi connectivity index (χ3n) is 5.64. The predicted octanol–water partition coefficient (Wildman–Crippen LogP) is 4.93. The van der Waals surface area contributed by atoms with Crippen LogP contribution in [-0.2, 0) is 4.79 Å². The average Bonchev–Trinajstić information content (AvgIpc) is 2.88. The van der Waals surface area contributed by atoms with Gasteiger partial charge in [0.1, 0.15) is 17.3 Å². The van der Waals surface area contributed by atoms with Gasteiger partial charge in [-0.05, 0) is 42.2 Å². The van der Waals surface area contributed by atoms with Gasteiger partial charge in [0.15, 0.2) is 5.75 Å². The molecule has 2 aliphatic rings. The number of carboxylic acids is 1. The van der Waals surface area contributed by atoms with Crippen molar-refractivity contribution in [1.29, 1.82) is 0 Å². The molecule has 4 rings (SSSR count). The van der Waals surface area contributed by atoms with Crippen LogP contribution in [0.2, 0.25) is 5.02 Å². The number of rotatable bonds is 3. The summed E-state index contributed by atoms with van der Waals surface area (Å²) >= 11 is 6.22. The van der Waals surface area contributed by atoms with E-state index in [2.05, 4.69) is 31.0 Å². The predicted molar refractivity (Wildman–Crippen MR) is 123 cm³/mol. The number of nitrogens with zero attached hydrogens (tertiary/aromatic N) is 2. The first-order valence-electron chi connectivity index (χ1n) is 10.6. The molecule has 0 aromatic heterocycles. The zero-order chi connectivity index (χ0) is 22.2. The van der Waals surface area contributed by atoms with Gasteiger partial charge in [-0.25, -0.2) is 4.99 Å². The summed E-state index contributed by atoms with van der Waals surface area (Å²) in [7, 11) is 0. The largest absolute Gasteiger partial charge is 0.481 e. The van der Waals surface area contributed by atoms with E-state index < -0.39 is 11.9 Å². The van der Waals surface area contributed by atoms with Gasteiger partial charge in [0.05, 0.1) is 11.5 Å². The zero-order valence-electron chi connectivity index (χ0n) is 18.1. The Morgan fingerprint density at radius 2 is 2.06 bits per heavy atom. The number of hydrogen-bond acceptors (Lipinski definition) is 5. The number of fused-ring (bicyclic) bond motifs is 2. The van der Waals surface area contributed by atoms with Gasteiger partial charge in [0.25, 0.3) is 0 Å². The lowest BCUT2D eigenvalue weighted by molar-refractivity contribution is -0.144. The van der Waals surface area contributed by atoms with E-state index >= 15 is 0 Å². The minimum atomic E-state index is -0.766. The molecule has 2 aromatic carbocycles. The molecule has 2 unspecified atom stereocenters. The maximum Gasteiger partial charge on any atom is 0.308 e. The fourth-order valence-corrected chi connectivity index (χ4v) is 4.41. The van der Waals surface area contributed by atoms with Crippen LogP contribution in [0.3, 0.4) is 0 Å². The maximum absolute atomic E-state index is 12.1. The minimum absolute atomic E-state index is 0.0804. The number of halogens is 1. The Morgan fingerprint density at radius 1 is 1.29 bits per heavy atom. The molecule has 31 heavy (non-hydrogen) atoms. The number of benzene rings is 2. The molecule has 0 spiro atoms. The van der Waals surface area contributed by atoms with E-state index in [1.807, 2.05) is 30.3 Å². The molecular weight excluding hydrogens is 414 g/mol. The first-order valence-corrected chi connectivity index (χ1v) is 11.0. The summed E-state index contributed by atoms with van der Waals surface area (Å²) < 4.78 is 6.15. The number of para-hydroxylation sites is 1. The molecule has 2 aromatic rings. The van der Waals surface area contributed by atoms with Crippen LogP contribution >= 0.6 is 11.6 Å². The fraction of sp³-hybridized carbons (Fsp3) is 0.417. The quantitative estimate of drug-likeness (QED) is 0.706. The van der Waals surface area contributed by atoms with Crippen LogP contribution in [0.5, 0.6) is 11.5 Å². The van der Waals surface area contributed by atoms with Crippen LogP contribution in [0.25, 0.3) is 0 Å². The number of carboxylic acid groups (broad SMARTS) is 1. The Morgan fingerprint density at radius 3 is 2.81 bits per heavy atom. The standard InChI is InChI=1S/C24H28ClN3O3/c1-24(2,3)13-17(23(29)30)19-14-28(11-10-26-19)22-16-6-4-5-7-20(16)31-21-9-8-15(25)12-18(21)27-22/h4-9,12,17,19,26H,10-11,13-14H2,1-3H3,(H,29,30). The van der Waals surface area contributed by atoms with Gasteiger partial charge in [-0.1, -0.05) is 44.5 Å². The van der Waals surface area contributed by atoms with E-state index in [0.717, 1.165) is 23.7 Å². The summed E-state index contributed by atoms with van der Waals surface area (Å²) in [5.41, 5.74) is 1.47. The van der Waals surface area contributed by atoms with Crippen molar-refractivity contribution >= 4 is 29.1 Å². The molecule has 2 atom stereocenters. The van der Waals surface area contributed by atoms with E-state index in [4.69, 9.17) is 21.3 Å². The molecule has 164 valence electrons. The first-order chi connectivity index (χ1) is 14.7. The van der Waals surface area contributed by atoms with Gasteiger partial charge >= 0.3 is 5.97 Å². The number of hydrogen-bond donors (Lipinski definition) is 2. The molecule has 0 amide bonds. The van der Waals surface area contributed by atoms with Crippen molar-refractivity contribution in [1.82, 2.24) is 10.2 Å². The Hall–Kier alpha value is -2.57. The van der Waals surface area contributed by atoms with E-state index in [1.165, 1.54) is 0 Å². The summed E-state index contributed by atoms with van der Waals surface area (Å²) in [6.45, 7) is 8.19. The maximum atomic E-state index is 12.1. The third-order valence-corrected chi connectivity index (χ3v) is 5.87. The number of aliphatic imine (C=N–C) groups is 1. The average molecular weight is 442 g/mol. The van der Waals surface area contributed by atoms with Crippen molar-refractivity contribution in [2.45, 2.75) is 33.2 Å². The normalized spacial score (nSPS) is 19.4. The Labute approximate surface area is 187 Å². The van der Waals surface area contributed by atoms with Gasteiger partial charge in [-0.15, -0.1) is 0 Å².